The van der Waals surface area contributed by atoms with E-state index >= 15 is 0 Å². The predicted molar refractivity (Wildman–Crippen MR) is 225 cm³/mol. The molecule has 9 atom stereocenters. The maximum absolute atomic E-state index is 14.4. The monoisotopic (exact) mass is 852 g/mol. The Hall–Kier alpha value is -4.03. The highest BCUT2D eigenvalue weighted by molar-refractivity contribution is 5.97. The Morgan fingerprint density at radius 1 is 0.934 bits per heavy atom. The smallest absolute Gasteiger partial charge is 0.338 e. The number of nitrogens with one attached hydrogen (secondary N) is 1. The highest BCUT2D eigenvalue weighted by Gasteiger charge is 2.53. The minimum atomic E-state index is -1.56. The molecule has 0 saturated carbocycles. The van der Waals surface area contributed by atoms with Crippen molar-refractivity contribution >= 4 is 23.9 Å². The fourth-order valence-electron chi connectivity index (χ4n) is 8.01. The largest absolute Gasteiger partial charge is 0.456 e. The van der Waals surface area contributed by atoms with Gasteiger partial charge in [0.2, 0.25) is 11.8 Å². The molecular weight excluding hydrogens is 789 g/mol. The van der Waals surface area contributed by atoms with Crippen LogP contribution < -0.4 is 5.32 Å². The van der Waals surface area contributed by atoms with Crippen molar-refractivity contribution in [1.29, 1.82) is 0 Å². The summed E-state index contributed by atoms with van der Waals surface area (Å²) in [5.41, 5.74) is 2.05. The number of nitrogens with zero attached hydrogens (tertiary/aromatic N) is 1. The van der Waals surface area contributed by atoms with E-state index in [2.05, 4.69) is 19.2 Å². The van der Waals surface area contributed by atoms with Gasteiger partial charge >= 0.3 is 5.97 Å². The van der Waals surface area contributed by atoms with Gasteiger partial charge in [-0.15, -0.1) is 0 Å². The number of fused-ring (bicyclic) bond motifs is 1. The van der Waals surface area contributed by atoms with Crippen LogP contribution >= 0.6 is 0 Å². The van der Waals surface area contributed by atoms with Crippen molar-refractivity contribution in [3.05, 3.63) is 89.0 Å². The molecule has 15 nitrogen and oxygen atoms in total. The summed E-state index contributed by atoms with van der Waals surface area (Å²) in [6, 6.07) is 15.2. The van der Waals surface area contributed by atoms with Crippen molar-refractivity contribution in [2.75, 3.05) is 33.4 Å². The van der Waals surface area contributed by atoms with Crippen molar-refractivity contribution in [2.45, 2.75) is 139 Å². The topological polar surface area (TPSA) is 214 Å². The number of hydrogen-bond donors (Lipinski definition) is 6. The van der Waals surface area contributed by atoms with E-state index in [0.717, 1.165) is 44.1 Å². The number of carbonyl (C=O) groups is 3. The zero-order valence-electron chi connectivity index (χ0n) is 35.5. The number of hydrogen-bond acceptors (Lipinski definition) is 13. The molecule has 5 rings (SSSR count). The molecule has 336 valence electrons. The third kappa shape index (κ3) is 12.8. The van der Waals surface area contributed by atoms with Gasteiger partial charge in [0.15, 0.2) is 12.1 Å². The average Bonchev–Trinajstić information content (AvgIpc) is 3.64. The summed E-state index contributed by atoms with van der Waals surface area (Å²) in [6.07, 6.45) is 3.10. The van der Waals surface area contributed by atoms with Crippen LogP contribution in [0, 0.1) is 0 Å². The Morgan fingerprint density at radius 2 is 1.66 bits per heavy atom. The van der Waals surface area contributed by atoms with Gasteiger partial charge in [0.05, 0.1) is 25.4 Å². The molecule has 2 saturated heterocycles. The molecule has 9 unspecified atom stereocenters. The lowest BCUT2D eigenvalue weighted by Crippen LogP contribution is -2.59. The highest BCUT2D eigenvalue weighted by Crippen LogP contribution is 2.43. The van der Waals surface area contributed by atoms with E-state index in [-0.39, 0.29) is 38.2 Å². The third-order valence-corrected chi connectivity index (χ3v) is 11.4. The molecule has 0 aromatic heterocycles. The Labute approximate surface area is 358 Å². The van der Waals surface area contributed by atoms with Crippen molar-refractivity contribution in [1.82, 2.24) is 10.2 Å². The molecule has 3 aliphatic rings. The molecule has 2 amide bonds. The zero-order chi connectivity index (χ0) is 43.9. The summed E-state index contributed by atoms with van der Waals surface area (Å²) in [6.45, 7) is 3.40. The predicted octanol–water partition coefficient (Wildman–Crippen LogP) is 3.19. The summed E-state index contributed by atoms with van der Waals surface area (Å²) in [5, 5.41) is 51.9. The normalized spacial score (nSPS) is 26.3. The number of aliphatic hydroxyl groups excluding tert-OH is 5. The number of aliphatic hydroxyl groups is 5. The number of carbonyl (C=O) groups excluding carboxylic acids is 3. The van der Waals surface area contributed by atoms with Crippen LogP contribution in [0.3, 0.4) is 0 Å². The molecule has 15 heteroatoms. The van der Waals surface area contributed by atoms with E-state index in [1.165, 1.54) is 4.90 Å². The number of rotatable bonds is 22. The first-order chi connectivity index (χ1) is 29.4. The lowest BCUT2D eigenvalue weighted by Gasteiger charge is -2.39. The van der Waals surface area contributed by atoms with Gasteiger partial charge in [0, 0.05) is 44.8 Å². The van der Waals surface area contributed by atoms with Gasteiger partial charge in [-0.1, -0.05) is 94.1 Å². The molecule has 1 aliphatic carbocycles. The second-order valence-electron chi connectivity index (χ2n) is 16.0. The number of benzene rings is 2. The van der Waals surface area contributed by atoms with E-state index in [4.69, 9.17) is 23.7 Å². The van der Waals surface area contributed by atoms with Crippen molar-refractivity contribution in [2.24, 2.45) is 0 Å². The van der Waals surface area contributed by atoms with E-state index in [1.54, 1.807) is 49.5 Å². The molecule has 2 heterocycles. The Morgan fingerprint density at radius 3 is 2.33 bits per heavy atom. The molecule has 2 fully saturated rings. The van der Waals surface area contributed by atoms with E-state index < -0.39 is 85.2 Å². The van der Waals surface area contributed by atoms with Crippen molar-refractivity contribution < 1.29 is 63.6 Å². The summed E-state index contributed by atoms with van der Waals surface area (Å²) in [4.78, 5) is 43.3. The number of likely N-dealkylation sites (N-methyl/N-ethyl adjacent to an activating group) is 1. The van der Waals surface area contributed by atoms with E-state index in [0.29, 0.717) is 24.0 Å². The molecule has 61 heavy (non-hydrogen) atoms. The Kier molecular flexibility index (Phi) is 18.4. The third-order valence-electron chi connectivity index (χ3n) is 11.4. The van der Waals surface area contributed by atoms with Crippen molar-refractivity contribution in [3.8, 4) is 0 Å². The second-order valence-corrected chi connectivity index (χ2v) is 16.0. The van der Waals surface area contributed by atoms with Gasteiger partial charge < -0.3 is 59.4 Å². The standard InChI is InChI=1S/C46H64N2O13/c1-4-6-11-20-46(21-12-7-5-2)60-36-28-33(43(55)48(3)34(42(54)47-22-23-49)26-31-15-9-8-10-16-31)27-35(41(36)61-46)58-44(56)32-19-13-17-30(25-32)18-14-24-57-45-40(53)39(52)38(51)37(29-50)59-45/h8-10,13-19,25,28,34-41,45,49-53H,4-7,11-12,20-24,26-27,29H2,1-3H3,(H,47,54). The fraction of sp³-hybridized carbons (Fsp3) is 0.587. The SMILES string of the molecule is CCCCCC1(CCCCC)OC2C=C(C(=O)N(C)C(Cc3ccccc3)C(=O)NCCO)CC(OC(=O)c3cccc(C=CCOC4OC(CO)C(O)C(O)C4O)c3)C2O1. The van der Waals surface area contributed by atoms with Crippen LogP contribution in [0.1, 0.15) is 93.1 Å². The molecule has 2 aromatic carbocycles. The molecule has 0 spiro atoms. The highest BCUT2D eigenvalue weighted by atomic mass is 16.8. The van der Waals surface area contributed by atoms with Gasteiger partial charge in [0.25, 0.3) is 0 Å². The minimum Gasteiger partial charge on any atom is -0.456 e. The zero-order valence-corrected chi connectivity index (χ0v) is 35.5. The van der Waals surface area contributed by atoms with Gasteiger partial charge in [-0.2, -0.15) is 0 Å². The average molecular weight is 853 g/mol. The van der Waals surface area contributed by atoms with Crippen LogP contribution in [0.2, 0.25) is 0 Å². The lowest BCUT2D eigenvalue weighted by atomic mass is 9.90. The van der Waals surface area contributed by atoms with Crippen LogP contribution in [-0.2, 0) is 39.7 Å². The summed E-state index contributed by atoms with van der Waals surface area (Å²) in [7, 11) is 1.57. The van der Waals surface area contributed by atoms with Gasteiger partial charge in [-0.05, 0) is 42.2 Å². The van der Waals surface area contributed by atoms with Gasteiger partial charge in [-0.25, -0.2) is 4.79 Å². The van der Waals surface area contributed by atoms with Crippen LogP contribution in [0.5, 0.6) is 0 Å². The van der Waals surface area contributed by atoms with Crippen molar-refractivity contribution in [3.63, 3.8) is 0 Å². The van der Waals surface area contributed by atoms with E-state index in [9.17, 15) is 39.9 Å². The first-order valence-electron chi connectivity index (χ1n) is 21.6. The van der Waals surface area contributed by atoms with Gasteiger partial charge in [0.1, 0.15) is 48.8 Å². The second kappa shape index (κ2) is 23.4. The fourth-order valence-corrected chi connectivity index (χ4v) is 8.01. The number of esters is 1. The molecule has 0 radical (unpaired) electrons. The minimum absolute atomic E-state index is 0.0185. The van der Waals surface area contributed by atoms with E-state index in [1.807, 2.05) is 30.3 Å². The molecule has 2 aromatic rings. The summed E-state index contributed by atoms with van der Waals surface area (Å²) < 4.78 is 30.8. The molecule has 6 N–H and O–H groups in total. The number of ether oxygens (including phenoxy) is 5. The first kappa shape index (κ1) is 48.0. The molecular formula is C46H64N2O13. The van der Waals surface area contributed by atoms with Crippen LogP contribution in [-0.4, -0.2) is 142 Å². The number of amides is 2. The lowest BCUT2D eigenvalue weighted by molar-refractivity contribution is -0.298. The summed E-state index contributed by atoms with van der Waals surface area (Å²) >= 11 is 0. The maximum Gasteiger partial charge on any atom is 0.338 e. The summed E-state index contributed by atoms with van der Waals surface area (Å²) in [5.74, 6) is -2.39. The number of unbranched alkanes of at least 4 members (excludes halogenated alkanes) is 4. The first-order valence-corrected chi connectivity index (χ1v) is 21.6. The molecule has 2 aliphatic heterocycles. The Balaban J connectivity index is 1.36. The quantitative estimate of drug-likeness (QED) is 0.0743. The molecule has 0 bridgehead atoms. The van der Waals surface area contributed by atoms with Crippen LogP contribution in [0.15, 0.2) is 72.3 Å². The van der Waals surface area contributed by atoms with Crippen LogP contribution in [0.25, 0.3) is 6.08 Å². The van der Waals surface area contributed by atoms with Crippen LogP contribution in [0.4, 0.5) is 0 Å². The Bertz CT molecular complexity index is 1760. The van der Waals surface area contributed by atoms with Gasteiger partial charge in [-0.3, -0.25) is 9.59 Å². The maximum atomic E-state index is 14.4.